The molecule has 2 unspecified atom stereocenters. The lowest BCUT2D eigenvalue weighted by atomic mass is 10.0. The molecule has 0 aromatic heterocycles. The Balaban J connectivity index is 5.23. The molecule has 0 aliphatic heterocycles. The number of unbranched alkanes of at least 4 members (excludes halogenated alkanes) is 40. The minimum atomic E-state index is -4.96. The lowest BCUT2D eigenvalue weighted by molar-refractivity contribution is -0.161. The number of aliphatic hydroxyl groups is 1. The van der Waals surface area contributed by atoms with Gasteiger partial charge in [0.1, 0.15) is 19.3 Å². The number of ether oxygens (including phenoxy) is 4. The van der Waals surface area contributed by atoms with Crippen LogP contribution in [0.2, 0.25) is 0 Å². The van der Waals surface area contributed by atoms with Crippen molar-refractivity contribution in [3.63, 3.8) is 0 Å². The van der Waals surface area contributed by atoms with Gasteiger partial charge in [0.05, 0.1) is 26.4 Å². The molecule has 19 heteroatoms. The van der Waals surface area contributed by atoms with Crippen LogP contribution in [0.1, 0.15) is 376 Å². The lowest BCUT2D eigenvalue weighted by Crippen LogP contribution is -2.30. The summed E-state index contributed by atoms with van der Waals surface area (Å²) in [4.78, 5) is 72.7. The van der Waals surface area contributed by atoms with Crippen LogP contribution in [-0.2, 0) is 65.4 Å². The second-order valence-electron chi connectivity index (χ2n) is 28.1. The summed E-state index contributed by atoms with van der Waals surface area (Å²) in [6, 6.07) is 0. The normalized spacial score (nSPS) is 14.1. The molecule has 0 amide bonds. The first-order valence-electron chi connectivity index (χ1n) is 38.3. The fraction of sp³-hybridized carbons (Fsp3) is 0.946. The first-order valence-corrected chi connectivity index (χ1v) is 41.3. The Labute approximate surface area is 568 Å². The number of carbonyl (C=O) groups is 4. The van der Waals surface area contributed by atoms with Crippen LogP contribution in [0.5, 0.6) is 0 Å². The predicted molar refractivity (Wildman–Crippen MR) is 377 cm³/mol. The molecule has 93 heavy (non-hydrogen) atoms. The van der Waals surface area contributed by atoms with Gasteiger partial charge < -0.3 is 33.8 Å². The summed E-state index contributed by atoms with van der Waals surface area (Å²) < 4.78 is 68.4. The minimum absolute atomic E-state index is 0.103. The summed E-state index contributed by atoms with van der Waals surface area (Å²) in [7, 11) is -9.91. The highest BCUT2D eigenvalue weighted by molar-refractivity contribution is 7.47. The summed E-state index contributed by atoms with van der Waals surface area (Å²) >= 11 is 0. The van der Waals surface area contributed by atoms with Crippen LogP contribution in [0.25, 0.3) is 0 Å². The molecule has 0 rings (SSSR count). The maximum atomic E-state index is 13.1. The fourth-order valence-corrected chi connectivity index (χ4v) is 12.8. The molecular weight excluding hydrogens is 1220 g/mol. The number of rotatable bonds is 72. The Morgan fingerprint density at radius 1 is 0.290 bits per heavy atom. The summed E-state index contributed by atoms with van der Waals surface area (Å²) in [6.45, 7) is 11.8. The van der Waals surface area contributed by atoms with Crippen LogP contribution in [-0.4, -0.2) is 96.7 Å². The zero-order valence-corrected chi connectivity index (χ0v) is 62.5. The van der Waals surface area contributed by atoms with Crippen molar-refractivity contribution in [3.8, 4) is 0 Å². The van der Waals surface area contributed by atoms with E-state index in [4.69, 9.17) is 37.0 Å². The molecule has 0 saturated heterocycles. The number of hydrogen-bond acceptors (Lipinski definition) is 15. The van der Waals surface area contributed by atoms with Crippen molar-refractivity contribution in [2.75, 3.05) is 39.6 Å². The molecule has 0 aliphatic rings. The van der Waals surface area contributed by atoms with Gasteiger partial charge in [-0.3, -0.25) is 37.3 Å². The Hall–Kier alpha value is -1.94. The van der Waals surface area contributed by atoms with Gasteiger partial charge in [0.2, 0.25) is 0 Å². The summed E-state index contributed by atoms with van der Waals surface area (Å²) in [6.07, 6.45) is 50.2. The van der Waals surface area contributed by atoms with Gasteiger partial charge in [0, 0.05) is 25.7 Å². The van der Waals surface area contributed by atoms with Crippen LogP contribution in [0.15, 0.2) is 0 Å². The number of hydrogen-bond donors (Lipinski definition) is 3. The Morgan fingerprint density at radius 2 is 0.495 bits per heavy atom. The molecule has 0 aliphatic carbocycles. The van der Waals surface area contributed by atoms with Crippen molar-refractivity contribution < 1.29 is 80.2 Å². The van der Waals surface area contributed by atoms with E-state index in [-0.39, 0.29) is 25.7 Å². The van der Waals surface area contributed by atoms with Crippen LogP contribution >= 0.6 is 15.6 Å². The van der Waals surface area contributed by atoms with Crippen LogP contribution < -0.4 is 0 Å². The molecule has 0 spiro atoms. The molecule has 0 fully saturated rings. The molecule has 0 bridgehead atoms. The molecule has 552 valence electrons. The van der Waals surface area contributed by atoms with Crippen LogP contribution in [0, 0.1) is 17.8 Å². The Morgan fingerprint density at radius 3 is 0.731 bits per heavy atom. The molecule has 0 saturated carbocycles. The van der Waals surface area contributed by atoms with E-state index in [2.05, 4.69) is 48.5 Å². The highest BCUT2D eigenvalue weighted by Crippen LogP contribution is 2.45. The van der Waals surface area contributed by atoms with E-state index in [0.717, 1.165) is 108 Å². The number of esters is 4. The van der Waals surface area contributed by atoms with Crippen LogP contribution in [0.3, 0.4) is 0 Å². The quantitative estimate of drug-likeness (QED) is 0.0222. The zero-order valence-electron chi connectivity index (χ0n) is 60.7. The van der Waals surface area contributed by atoms with Gasteiger partial charge in [0.15, 0.2) is 12.2 Å². The van der Waals surface area contributed by atoms with E-state index in [0.29, 0.717) is 31.6 Å². The summed E-state index contributed by atoms with van der Waals surface area (Å²) in [5.41, 5.74) is 0. The van der Waals surface area contributed by atoms with Crippen molar-refractivity contribution >= 4 is 39.5 Å². The third-order valence-electron chi connectivity index (χ3n) is 17.1. The average molecular weight is 1370 g/mol. The number of aliphatic hydroxyl groups excluding tert-OH is 1. The second kappa shape index (κ2) is 64.7. The smallest absolute Gasteiger partial charge is 0.462 e. The van der Waals surface area contributed by atoms with Gasteiger partial charge in [0.25, 0.3) is 0 Å². The van der Waals surface area contributed by atoms with Gasteiger partial charge in [-0.2, -0.15) is 0 Å². The SMILES string of the molecule is CCCCCCCCCCCCCCCCCCC(=O)OC[C@H](COP(=O)(O)OC[C@@H](O)COP(=O)(O)OC[C@@H](COC(=O)CCCCCCCCC(C)C)OC(=O)CCCCCCCCCCC(C)C)OC(=O)CCCCCCCCCCCCCCCCC(C)C. The summed E-state index contributed by atoms with van der Waals surface area (Å²) in [5, 5.41) is 10.6. The molecule has 5 atom stereocenters. The monoisotopic (exact) mass is 1370 g/mol. The van der Waals surface area contributed by atoms with E-state index in [1.807, 2.05) is 0 Å². The van der Waals surface area contributed by atoms with Gasteiger partial charge in [-0.05, 0) is 43.4 Å². The Bertz CT molecular complexity index is 1820. The first kappa shape index (κ1) is 91.1. The predicted octanol–water partition coefficient (Wildman–Crippen LogP) is 21.4. The third-order valence-corrected chi connectivity index (χ3v) is 19.0. The van der Waals surface area contributed by atoms with Crippen molar-refractivity contribution in [2.24, 2.45) is 17.8 Å². The highest BCUT2D eigenvalue weighted by Gasteiger charge is 2.30. The standard InChI is InChI=1S/C74H144O17P2/c1-8-9-10-11-12-13-14-15-16-17-21-24-27-33-41-48-55-71(76)84-61-69(90-73(78)57-50-43-34-28-25-22-19-18-20-23-26-31-38-45-52-65(2)3)63-88-92(80,81)86-59-68(75)60-87-93(82,83)89-64-70(62-85-72(77)56-49-42-37-36-40-47-54-67(6)7)91-74(79)58-51-44-35-30-29-32-39-46-53-66(4)5/h65-70,75H,8-64H2,1-7H3,(H,80,81)(H,82,83)/t68-,69-,70-/m1/s1. The first-order chi connectivity index (χ1) is 44.7. The van der Waals surface area contributed by atoms with E-state index in [1.165, 1.54) is 180 Å². The third kappa shape index (κ3) is 68.4. The van der Waals surface area contributed by atoms with Crippen molar-refractivity contribution in [1.82, 2.24) is 0 Å². The second-order valence-corrected chi connectivity index (χ2v) is 31.0. The summed E-state index contributed by atoms with van der Waals surface area (Å²) in [5.74, 6) is 0.0691. The van der Waals surface area contributed by atoms with Crippen molar-refractivity contribution in [1.29, 1.82) is 0 Å². The van der Waals surface area contributed by atoms with E-state index in [9.17, 15) is 43.2 Å². The van der Waals surface area contributed by atoms with Gasteiger partial charge in [-0.25, -0.2) is 9.13 Å². The maximum Gasteiger partial charge on any atom is 0.472 e. The van der Waals surface area contributed by atoms with E-state index in [1.54, 1.807) is 0 Å². The van der Waals surface area contributed by atoms with Crippen molar-refractivity contribution in [2.45, 2.75) is 394 Å². The Kier molecular flexibility index (Phi) is 63.4. The molecule has 3 N–H and O–H groups in total. The fourth-order valence-electron chi connectivity index (χ4n) is 11.2. The van der Waals surface area contributed by atoms with Crippen LogP contribution in [0.4, 0.5) is 0 Å². The van der Waals surface area contributed by atoms with Crippen molar-refractivity contribution in [3.05, 3.63) is 0 Å². The zero-order chi connectivity index (χ0) is 68.7. The van der Waals surface area contributed by atoms with Gasteiger partial charge in [-0.1, -0.05) is 325 Å². The van der Waals surface area contributed by atoms with E-state index < -0.39 is 97.5 Å². The van der Waals surface area contributed by atoms with Gasteiger partial charge >= 0.3 is 39.5 Å². The largest absolute Gasteiger partial charge is 0.472 e. The molecule has 17 nitrogen and oxygen atoms in total. The lowest BCUT2D eigenvalue weighted by Gasteiger charge is -2.21. The molecule has 0 heterocycles. The number of phosphoric ester groups is 2. The average Bonchev–Trinajstić information content (AvgIpc) is 2.41. The number of carbonyl (C=O) groups excluding carboxylic acids is 4. The molecule has 0 radical (unpaired) electrons. The maximum absolute atomic E-state index is 13.1. The minimum Gasteiger partial charge on any atom is -0.462 e. The topological polar surface area (TPSA) is 237 Å². The van der Waals surface area contributed by atoms with E-state index >= 15 is 0 Å². The highest BCUT2D eigenvalue weighted by atomic mass is 31.2. The van der Waals surface area contributed by atoms with Gasteiger partial charge in [-0.15, -0.1) is 0 Å². The molecule has 0 aromatic rings. The number of phosphoric acid groups is 2. The molecule has 0 aromatic carbocycles. The molecular formula is C74H144O17P2.